The first-order valence-corrected chi connectivity index (χ1v) is 8.57. The normalized spacial score (nSPS) is 42.9. The topological polar surface area (TPSA) is 55.1 Å². The zero-order chi connectivity index (χ0) is 14.3. The Morgan fingerprint density at radius 3 is 2.35 bits per heavy atom. The number of amides is 1. The van der Waals surface area contributed by atoms with Gasteiger partial charge >= 0.3 is 0 Å². The molecule has 112 valence electrons. The summed E-state index contributed by atoms with van der Waals surface area (Å²) < 4.78 is 0. The Kier molecular flexibility index (Phi) is 3.78. The fourth-order valence-corrected chi connectivity index (χ4v) is 4.53. The third-order valence-electron chi connectivity index (χ3n) is 5.98. The van der Waals surface area contributed by atoms with E-state index in [1.807, 2.05) is 0 Å². The highest BCUT2D eigenvalue weighted by Crippen LogP contribution is 2.54. The lowest BCUT2D eigenvalue weighted by Gasteiger charge is -2.40. The average Bonchev–Trinajstić information content (AvgIpc) is 3.05. The molecule has 0 aliphatic heterocycles. The van der Waals surface area contributed by atoms with Crippen molar-refractivity contribution in [1.82, 2.24) is 5.32 Å². The van der Waals surface area contributed by atoms with E-state index >= 15 is 0 Å². The van der Waals surface area contributed by atoms with Crippen molar-refractivity contribution in [1.29, 1.82) is 0 Å². The third-order valence-corrected chi connectivity index (χ3v) is 6.38. The Bertz CT molecular complexity index is 405. The van der Waals surface area contributed by atoms with Crippen LogP contribution in [0, 0.1) is 23.7 Å². The molecule has 0 radical (unpaired) electrons. The molecule has 3 fully saturated rings. The number of carbonyl (C=O) groups excluding carboxylic acids is 1. The maximum absolute atomic E-state index is 12.5. The van der Waals surface area contributed by atoms with Gasteiger partial charge in [0, 0.05) is 5.92 Å². The van der Waals surface area contributed by atoms with Gasteiger partial charge in [0.25, 0.3) is 0 Å². The van der Waals surface area contributed by atoms with E-state index in [0.717, 1.165) is 56.3 Å². The van der Waals surface area contributed by atoms with E-state index in [0.29, 0.717) is 4.99 Å². The lowest BCUT2D eigenvalue weighted by atomic mass is 9.75. The average molecular weight is 294 g/mol. The second-order valence-electron chi connectivity index (χ2n) is 7.21. The Balaban J connectivity index is 1.62. The maximum atomic E-state index is 12.5. The molecule has 1 amide bonds. The lowest BCUT2D eigenvalue weighted by molar-refractivity contribution is -0.126. The molecule has 3 aliphatic rings. The molecule has 0 aromatic heterocycles. The Labute approximate surface area is 127 Å². The summed E-state index contributed by atoms with van der Waals surface area (Å²) in [5.41, 5.74) is 5.59. The third kappa shape index (κ3) is 2.59. The number of nitrogens with two attached hydrogens (primary N) is 1. The number of nitrogens with one attached hydrogen (secondary N) is 1. The Hall–Kier alpha value is -0.640. The molecule has 4 heteroatoms. The summed E-state index contributed by atoms with van der Waals surface area (Å²) in [6, 6.07) is 0. The van der Waals surface area contributed by atoms with Gasteiger partial charge in [0.2, 0.25) is 5.91 Å². The molecular weight excluding hydrogens is 268 g/mol. The Morgan fingerprint density at radius 2 is 1.85 bits per heavy atom. The summed E-state index contributed by atoms with van der Waals surface area (Å²) in [6.45, 7) is 2.24. The van der Waals surface area contributed by atoms with Crippen LogP contribution in [-0.2, 0) is 4.79 Å². The molecule has 0 saturated heterocycles. The van der Waals surface area contributed by atoms with Crippen LogP contribution in [0.5, 0.6) is 0 Å². The molecule has 2 unspecified atom stereocenters. The number of rotatable bonds is 4. The van der Waals surface area contributed by atoms with Crippen molar-refractivity contribution in [2.45, 2.75) is 63.8 Å². The van der Waals surface area contributed by atoms with Gasteiger partial charge in [-0.15, -0.1) is 0 Å². The zero-order valence-corrected chi connectivity index (χ0v) is 13.2. The number of carbonyl (C=O) groups is 1. The SMILES string of the molecule is CCC1CCC(NC(=O)C2CC3CC3C2)(C(N)=S)CC1. The van der Waals surface area contributed by atoms with Crippen molar-refractivity contribution >= 4 is 23.1 Å². The minimum Gasteiger partial charge on any atom is -0.391 e. The first kappa shape index (κ1) is 14.3. The second kappa shape index (κ2) is 5.28. The monoisotopic (exact) mass is 294 g/mol. The zero-order valence-electron chi connectivity index (χ0n) is 12.4. The fourth-order valence-electron chi connectivity index (χ4n) is 4.28. The van der Waals surface area contributed by atoms with E-state index in [4.69, 9.17) is 18.0 Å². The molecule has 0 aromatic carbocycles. The van der Waals surface area contributed by atoms with Crippen LogP contribution in [-0.4, -0.2) is 16.4 Å². The van der Waals surface area contributed by atoms with Crippen molar-refractivity contribution in [2.24, 2.45) is 29.4 Å². The van der Waals surface area contributed by atoms with Gasteiger partial charge in [-0.2, -0.15) is 0 Å². The molecule has 3 rings (SSSR count). The van der Waals surface area contributed by atoms with Crippen molar-refractivity contribution in [3.8, 4) is 0 Å². The summed E-state index contributed by atoms with van der Waals surface area (Å²) >= 11 is 5.29. The van der Waals surface area contributed by atoms with Crippen molar-refractivity contribution in [2.75, 3.05) is 0 Å². The molecule has 0 spiro atoms. The van der Waals surface area contributed by atoms with Crippen LogP contribution in [0.1, 0.15) is 58.3 Å². The molecule has 0 bridgehead atoms. The van der Waals surface area contributed by atoms with E-state index in [9.17, 15) is 4.79 Å². The molecule has 3 aliphatic carbocycles. The quantitative estimate of drug-likeness (QED) is 0.784. The summed E-state index contributed by atoms with van der Waals surface area (Å²) in [5, 5.41) is 3.25. The van der Waals surface area contributed by atoms with Gasteiger partial charge in [-0.25, -0.2) is 0 Å². The Morgan fingerprint density at radius 1 is 1.25 bits per heavy atom. The number of fused-ring (bicyclic) bond motifs is 1. The molecule has 20 heavy (non-hydrogen) atoms. The minimum atomic E-state index is -0.398. The van der Waals surface area contributed by atoms with E-state index in [1.165, 1.54) is 12.8 Å². The largest absolute Gasteiger partial charge is 0.391 e. The van der Waals surface area contributed by atoms with E-state index in [-0.39, 0.29) is 11.8 Å². The summed E-state index contributed by atoms with van der Waals surface area (Å²) in [7, 11) is 0. The summed E-state index contributed by atoms with van der Waals surface area (Å²) in [5.74, 6) is 2.87. The van der Waals surface area contributed by atoms with E-state index < -0.39 is 5.54 Å². The van der Waals surface area contributed by atoms with Crippen LogP contribution in [0.4, 0.5) is 0 Å². The minimum absolute atomic E-state index is 0.208. The number of thiocarbonyl (C=S) groups is 1. The standard InChI is InChI=1S/C16H26N2OS/c1-2-10-3-5-16(6-4-10,15(17)20)18-14(19)13-8-11-7-12(11)9-13/h10-13H,2-9H2,1H3,(H2,17,20)(H,18,19). The summed E-state index contributed by atoms with van der Waals surface area (Å²) in [4.78, 5) is 13.0. The molecule has 2 atom stereocenters. The molecule has 3 N–H and O–H groups in total. The van der Waals surface area contributed by atoms with Crippen LogP contribution in [0.25, 0.3) is 0 Å². The predicted molar refractivity (Wildman–Crippen MR) is 84.2 cm³/mol. The van der Waals surface area contributed by atoms with Gasteiger partial charge in [0.05, 0.1) is 10.5 Å². The van der Waals surface area contributed by atoms with Crippen LogP contribution in [0.15, 0.2) is 0 Å². The van der Waals surface area contributed by atoms with Gasteiger partial charge in [-0.05, 0) is 62.7 Å². The first-order chi connectivity index (χ1) is 9.54. The van der Waals surface area contributed by atoms with E-state index in [2.05, 4.69) is 12.2 Å². The second-order valence-corrected chi connectivity index (χ2v) is 7.65. The van der Waals surface area contributed by atoms with Crippen LogP contribution in [0.2, 0.25) is 0 Å². The predicted octanol–water partition coefficient (Wildman–Crippen LogP) is 2.77. The molecule has 3 nitrogen and oxygen atoms in total. The van der Waals surface area contributed by atoms with Crippen molar-refractivity contribution < 1.29 is 4.79 Å². The number of hydrogen-bond acceptors (Lipinski definition) is 2. The smallest absolute Gasteiger partial charge is 0.223 e. The van der Waals surface area contributed by atoms with Gasteiger partial charge < -0.3 is 11.1 Å². The van der Waals surface area contributed by atoms with Crippen LogP contribution >= 0.6 is 12.2 Å². The van der Waals surface area contributed by atoms with Gasteiger partial charge in [-0.3, -0.25) is 4.79 Å². The molecule has 3 saturated carbocycles. The van der Waals surface area contributed by atoms with Crippen LogP contribution in [0.3, 0.4) is 0 Å². The molecular formula is C16H26N2OS. The van der Waals surface area contributed by atoms with Crippen molar-refractivity contribution in [3.05, 3.63) is 0 Å². The lowest BCUT2D eigenvalue weighted by Crippen LogP contribution is -2.59. The van der Waals surface area contributed by atoms with Gasteiger partial charge in [0.1, 0.15) is 0 Å². The first-order valence-electron chi connectivity index (χ1n) is 8.16. The van der Waals surface area contributed by atoms with Gasteiger partial charge in [0.15, 0.2) is 0 Å². The number of hydrogen-bond donors (Lipinski definition) is 2. The highest BCUT2D eigenvalue weighted by Gasteiger charge is 2.49. The summed E-state index contributed by atoms with van der Waals surface area (Å²) in [6.07, 6.45) is 8.84. The highest BCUT2D eigenvalue weighted by molar-refractivity contribution is 7.80. The molecule has 0 aromatic rings. The van der Waals surface area contributed by atoms with Crippen LogP contribution < -0.4 is 11.1 Å². The molecule has 0 heterocycles. The van der Waals surface area contributed by atoms with Gasteiger partial charge in [-0.1, -0.05) is 25.6 Å². The fraction of sp³-hybridized carbons (Fsp3) is 0.875. The van der Waals surface area contributed by atoms with E-state index in [1.54, 1.807) is 0 Å². The highest BCUT2D eigenvalue weighted by atomic mass is 32.1. The van der Waals surface area contributed by atoms with Crippen molar-refractivity contribution in [3.63, 3.8) is 0 Å². The maximum Gasteiger partial charge on any atom is 0.223 e.